The van der Waals surface area contributed by atoms with Gasteiger partial charge in [-0.15, -0.1) is 0 Å². The number of benzene rings is 1. The summed E-state index contributed by atoms with van der Waals surface area (Å²) in [6.45, 7) is 0.460. The standard InChI is InChI=1S/C15H19ClN2O3/c16-12-6-4-11(5-7-12)13(10-19)17-14(20)9-18-8-2-1-3-15(18)21/h4-7,13,19H,1-3,8-10H2,(H,17,20). The second-order valence-electron chi connectivity index (χ2n) is 5.13. The SMILES string of the molecule is O=C(CN1CCCCC1=O)NC(CO)c1ccc(Cl)cc1. The number of aliphatic hydroxyl groups excluding tert-OH is 1. The molecule has 114 valence electrons. The monoisotopic (exact) mass is 310 g/mol. The van der Waals surface area contributed by atoms with Gasteiger partial charge in [0.15, 0.2) is 0 Å². The van der Waals surface area contributed by atoms with Gasteiger partial charge in [-0.2, -0.15) is 0 Å². The predicted molar refractivity (Wildman–Crippen MR) is 79.9 cm³/mol. The summed E-state index contributed by atoms with van der Waals surface area (Å²) in [4.78, 5) is 25.3. The molecule has 1 fully saturated rings. The molecule has 1 saturated heterocycles. The molecular formula is C15H19ClN2O3. The topological polar surface area (TPSA) is 69.6 Å². The number of rotatable bonds is 5. The van der Waals surface area contributed by atoms with Gasteiger partial charge in [0, 0.05) is 18.0 Å². The van der Waals surface area contributed by atoms with Crippen molar-refractivity contribution >= 4 is 23.4 Å². The first kappa shape index (κ1) is 15.8. The van der Waals surface area contributed by atoms with Crippen molar-refractivity contribution in [2.24, 2.45) is 0 Å². The Bertz CT molecular complexity index is 504. The zero-order valence-electron chi connectivity index (χ0n) is 11.7. The van der Waals surface area contributed by atoms with Gasteiger partial charge in [0.2, 0.25) is 11.8 Å². The minimum atomic E-state index is -0.491. The summed E-state index contributed by atoms with van der Waals surface area (Å²) in [5.41, 5.74) is 0.778. The second-order valence-corrected chi connectivity index (χ2v) is 5.56. The highest BCUT2D eigenvalue weighted by Gasteiger charge is 2.22. The highest BCUT2D eigenvalue weighted by molar-refractivity contribution is 6.30. The van der Waals surface area contributed by atoms with Crippen molar-refractivity contribution in [3.8, 4) is 0 Å². The number of hydrogen-bond donors (Lipinski definition) is 2. The molecule has 0 aromatic heterocycles. The molecule has 2 N–H and O–H groups in total. The van der Waals surface area contributed by atoms with Crippen LogP contribution >= 0.6 is 11.6 Å². The number of carbonyl (C=O) groups is 2. The number of nitrogens with zero attached hydrogens (tertiary/aromatic N) is 1. The number of aliphatic hydroxyl groups is 1. The third kappa shape index (κ3) is 4.44. The van der Waals surface area contributed by atoms with Gasteiger partial charge in [-0.3, -0.25) is 9.59 Å². The zero-order valence-corrected chi connectivity index (χ0v) is 12.5. The van der Waals surface area contributed by atoms with Crippen molar-refractivity contribution in [2.45, 2.75) is 25.3 Å². The maximum atomic E-state index is 12.0. The van der Waals surface area contributed by atoms with Gasteiger partial charge in [-0.05, 0) is 30.5 Å². The van der Waals surface area contributed by atoms with E-state index in [1.54, 1.807) is 29.2 Å². The van der Waals surface area contributed by atoms with Crippen molar-refractivity contribution in [2.75, 3.05) is 19.7 Å². The van der Waals surface area contributed by atoms with Crippen LogP contribution in [0.5, 0.6) is 0 Å². The summed E-state index contributed by atoms with van der Waals surface area (Å²) in [7, 11) is 0. The van der Waals surface area contributed by atoms with E-state index in [2.05, 4.69) is 5.32 Å². The molecule has 1 aliphatic heterocycles. The lowest BCUT2D eigenvalue weighted by atomic mass is 10.1. The van der Waals surface area contributed by atoms with Gasteiger partial charge < -0.3 is 15.3 Å². The lowest BCUT2D eigenvalue weighted by Crippen LogP contribution is -2.44. The molecule has 1 aromatic rings. The van der Waals surface area contributed by atoms with E-state index < -0.39 is 6.04 Å². The first-order valence-electron chi connectivity index (χ1n) is 7.03. The number of likely N-dealkylation sites (tertiary alicyclic amines) is 1. The second kappa shape index (κ2) is 7.43. The zero-order chi connectivity index (χ0) is 15.2. The van der Waals surface area contributed by atoms with Crippen molar-refractivity contribution in [1.82, 2.24) is 10.2 Å². The molecule has 2 rings (SSSR count). The summed E-state index contributed by atoms with van der Waals surface area (Å²) in [6.07, 6.45) is 2.33. The lowest BCUT2D eigenvalue weighted by Gasteiger charge is -2.27. The number of amides is 2. The molecule has 0 bridgehead atoms. The maximum absolute atomic E-state index is 12.0. The summed E-state index contributed by atoms with van der Waals surface area (Å²) in [5.74, 6) is -0.248. The molecule has 0 saturated carbocycles. The third-order valence-electron chi connectivity index (χ3n) is 3.55. The minimum Gasteiger partial charge on any atom is -0.394 e. The Morgan fingerprint density at radius 1 is 1.33 bits per heavy atom. The third-order valence-corrected chi connectivity index (χ3v) is 3.80. The summed E-state index contributed by atoms with van der Waals surface area (Å²) < 4.78 is 0. The van der Waals surface area contributed by atoms with Crippen LogP contribution in [0.3, 0.4) is 0 Å². The molecule has 1 heterocycles. The van der Waals surface area contributed by atoms with E-state index >= 15 is 0 Å². The molecule has 6 heteroatoms. The summed E-state index contributed by atoms with van der Waals surface area (Å²) >= 11 is 5.82. The van der Waals surface area contributed by atoms with E-state index in [0.717, 1.165) is 18.4 Å². The lowest BCUT2D eigenvalue weighted by molar-refractivity contribution is -0.138. The number of halogens is 1. The molecule has 5 nitrogen and oxygen atoms in total. The molecule has 0 radical (unpaired) electrons. The Morgan fingerprint density at radius 3 is 2.67 bits per heavy atom. The van der Waals surface area contributed by atoms with E-state index in [0.29, 0.717) is 18.0 Å². The average Bonchev–Trinajstić information content (AvgIpc) is 2.48. The van der Waals surface area contributed by atoms with Gasteiger partial charge >= 0.3 is 0 Å². The fourth-order valence-electron chi connectivity index (χ4n) is 2.37. The molecule has 0 spiro atoms. The predicted octanol–water partition coefficient (Wildman–Crippen LogP) is 1.50. The van der Waals surface area contributed by atoms with Gasteiger partial charge in [-0.25, -0.2) is 0 Å². The molecule has 1 aliphatic rings. The average molecular weight is 311 g/mol. The molecule has 1 atom stereocenters. The Kier molecular flexibility index (Phi) is 5.59. The van der Waals surface area contributed by atoms with Crippen LogP contribution in [0.25, 0.3) is 0 Å². The highest BCUT2D eigenvalue weighted by atomic mass is 35.5. The van der Waals surface area contributed by atoms with Crippen LogP contribution in [0.4, 0.5) is 0 Å². The molecule has 1 aromatic carbocycles. The van der Waals surface area contributed by atoms with Crippen molar-refractivity contribution in [3.05, 3.63) is 34.9 Å². The van der Waals surface area contributed by atoms with Crippen LogP contribution < -0.4 is 5.32 Å². The maximum Gasteiger partial charge on any atom is 0.240 e. The molecule has 1 unspecified atom stereocenters. The van der Waals surface area contributed by atoms with Crippen LogP contribution in [-0.4, -0.2) is 41.5 Å². The van der Waals surface area contributed by atoms with Crippen molar-refractivity contribution < 1.29 is 14.7 Å². The van der Waals surface area contributed by atoms with Gasteiger partial charge in [0.05, 0.1) is 19.2 Å². The number of piperidine rings is 1. The highest BCUT2D eigenvalue weighted by Crippen LogP contribution is 2.16. The van der Waals surface area contributed by atoms with Crippen LogP contribution in [-0.2, 0) is 9.59 Å². The van der Waals surface area contributed by atoms with Crippen molar-refractivity contribution in [3.63, 3.8) is 0 Å². The Balaban J connectivity index is 1.93. The largest absolute Gasteiger partial charge is 0.394 e. The Labute approximate surface area is 128 Å². The number of carbonyl (C=O) groups excluding carboxylic acids is 2. The quantitative estimate of drug-likeness (QED) is 0.866. The van der Waals surface area contributed by atoms with Gasteiger partial charge in [0.25, 0.3) is 0 Å². The van der Waals surface area contributed by atoms with E-state index in [1.165, 1.54) is 0 Å². The summed E-state index contributed by atoms with van der Waals surface area (Å²) in [6, 6.07) is 6.44. The van der Waals surface area contributed by atoms with E-state index in [1.807, 2.05) is 0 Å². The smallest absolute Gasteiger partial charge is 0.240 e. The molecule has 21 heavy (non-hydrogen) atoms. The normalized spacial score (nSPS) is 16.7. The minimum absolute atomic E-state index is 0.0171. The number of hydrogen-bond acceptors (Lipinski definition) is 3. The molecule has 2 amide bonds. The van der Waals surface area contributed by atoms with Crippen LogP contribution in [0.1, 0.15) is 30.9 Å². The summed E-state index contributed by atoms with van der Waals surface area (Å²) in [5, 5.41) is 12.8. The van der Waals surface area contributed by atoms with Gasteiger partial charge in [0.1, 0.15) is 0 Å². The Hall–Kier alpha value is -1.59. The number of nitrogens with one attached hydrogen (secondary N) is 1. The Morgan fingerprint density at radius 2 is 2.05 bits per heavy atom. The van der Waals surface area contributed by atoms with E-state index in [-0.39, 0.29) is 25.0 Å². The first-order valence-corrected chi connectivity index (χ1v) is 7.41. The van der Waals surface area contributed by atoms with E-state index in [9.17, 15) is 14.7 Å². The fourth-order valence-corrected chi connectivity index (χ4v) is 2.50. The van der Waals surface area contributed by atoms with Crippen LogP contribution in [0.15, 0.2) is 24.3 Å². The fraction of sp³-hybridized carbons (Fsp3) is 0.467. The van der Waals surface area contributed by atoms with E-state index in [4.69, 9.17) is 11.6 Å². The van der Waals surface area contributed by atoms with Crippen molar-refractivity contribution in [1.29, 1.82) is 0 Å². The van der Waals surface area contributed by atoms with Gasteiger partial charge in [-0.1, -0.05) is 23.7 Å². The molecular weight excluding hydrogens is 292 g/mol. The van der Waals surface area contributed by atoms with Crippen LogP contribution in [0, 0.1) is 0 Å². The molecule has 0 aliphatic carbocycles. The first-order chi connectivity index (χ1) is 10.1. The van der Waals surface area contributed by atoms with Crippen LogP contribution in [0.2, 0.25) is 5.02 Å².